The molecule has 0 fully saturated rings. The summed E-state index contributed by atoms with van der Waals surface area (Å²) in [6.45, 7) is 5.58. The van der Waals surface area contributed by atoms with Crippen LogP contribution >= 0.6 is 0 Å². The highest BCUT2D eigenvalue weighted by Crippen LogP contribution is 2.18. The standard InChI is InChI=1S/C12H15N3O3/c1-12(2,3)18-11(17)15-5-4-8-6-13-7-14-9(8)10(15)16/h6-7H,4-5H2,1-3H3. The molecule has 18 heavy (non-hydrogen) atoms. The van der Waals surface area contributed by atoms with Crippen molar-refractivity contribution in [2.45, 2.75) is 32.8 Å². The van der Waals surface area contributed by atoms with E-state index in [0.29, 0.717) is 13.0 Å². The molecule has 0 N–H and O–H groups in total. The average Bonchev–Trinajstić information content (AvgIpc) is 2.27. The first kappa shape index (κ1) is 12.5. The lowest BCUT2D eigenvalue weighted by Crippen LogP contribution is -2.45. The van der Waals surface area contributed by atoms with Crippen LogP contribution in [0.4, 0.5) is 4.79 Å². The second-order valence-corrected chi connectivity index (χ2v) is 5.08. The van der Waals surface area contributed by atoms with Gasteiger partial charge in [-0.3, -0.25) is 4.79 Å². The molecule has 2 rings (SSSR count). The molecule has 0 aliphatic carbocycles. The fraction of sp³-hybridized carbons (Fsp3) is 0.500. The highest BCUT2D eigenvalue weighted by atomic mass is 16.6. The summed E-state index contributed by atoms with van der Waals surface area (Å²) in [6.07, 6.45) is 2.83. The lowest BCUT2D eigenvalue weighted by molar-refractivity contribution is 0.0231. The van der Waals surface area contributed by atoms with E-state index in [2.05, 4.69) is 9.97 Å². The molecule has 0 radical (unpaired) electrons. The zero-order valence-corrected chi connectivity index (χ0v) is 10.6. The van der Waals surface area contributed by atoms with E-state index in [9.17, 15) is 9.59 Å². The van der Waals surface area contributed by atoms with Gasteiger partial charge in [0.25, 0.3) is 5.91 Å². The summed E-state index contributed by atoms with van der Waals surface area (Å²) in [6, 6.07) is 0. The van der Waals surface area contributed by atoms with E-state index in [1.54, 1.807) is 27.0 Å². The van der Waals surface area contributed by atoms with Crippen molar-refractivity contribution in [1.29, 1.82) is 0 Å². The zero-order chi connectivity index (χ0) is 13.3. The first-order valence-electron chi connectivity index (χ1n) is 5.72. The Hall–Kier alpha value is -1.98. The topological polar surface area (TPSA) is 72.4 Å². The highest BCUT2D eigenvalue weighted by molar-refractivity contribution is 6.03. The predicted molar refractivity (Wildman–Crippen MR) is 63.0 cm³/mol. The number of aromatic nitrogens is 2. The number of hydrogen-bond donors (Lipinski definition) is 0. The third-order valence-corrected chi connectivity index (χ3v) is 2.45. The van der Waals surface area contributed by atoms with Crippen molar-refractivity contribution in [1.82, 2.24) is 14.9 Å². The minimum atomic E-state index is -0.628. The molecule has 1 aromatic heterocycles. The Morgan fingerprint density at radius 3 is 2.83 bits per heavy atom. The zero-order valence-electron chi connectivity index (χ0n) is 10.6. The number of imide groups is 1. The summed E-state index contributed by atoms with van der Waals surface area (Å²) < 4.78 is 5.19. The Morgan fingerprint density at radius 1 is 1.44 bits per heavy atom. The summed E-state index contributed by atoms with van der Waals surface area (Å²) >= 11 is 0. The lowest BCUT2D eigenvalue weighted by Gasteiger charge is -2.28. The van der Waals surface area contributed by atoms with Crippen LogP contribution in [0.5, 0.6) is 0 Å². The number of fused-ring (bicyclic) bond motifs is 1. The van der Waals surface area contributed by atoms with E-state index >= 15 is 0 Å². The molecule has 96 valence electrons. The predicted octanol–water partition coefficient (Wildman–Crippen LogP) is 1.41. The molecule has 0 spiro atoms. The van der Waals surface area contributed by atoms with Gasteiger partial charge >= 0.3 is 6.09 Å². The second kappa shape index (κ2) is 4.36. The summed E-state index contributed by atoms with van der Waals surface area (Å²) in [5, 5.41) is 0. The summed E-state index contributed by atoms with van der Waals surface area (Å²) in [4.78, 5) is 32.8. The number of amides is 2. The Balaban J connectivity index is 2.19. The van der Waals surface area contributed by atoms with Crippen LogP contribution < -0.4 is 0 Å². The van der Waals surface area contributed by atoms with Gasteiger partial charge in [0.15, 0.2) is 0 Å². The number of carbonyl (C=O) groups excluding carboxylic acids is 2. The smallest absolute Gasteiger partial charge is 0.417 e. The normalized spacial score (nSPS) is 15.3. The number of hydrogen-bond acceptors (Lipinski definition) is 5. The fourth-order valence-corrected chi connectivity index (χ4v) is 1.69. The Bertz CT molecular complexity index is 494. The molecule has 6 heteroatoms. The molecule has 2 heterocycles. The molecule has 6 nitrogen and oxygen atoms in total. The average molecular weight is 249 g/mol. The molecule has 0 aromatic carbocycles. The van der Waals surface area contributed by atoms with Crippen molar-refractivity contribution in [3.8, 4) is 0 Å². The SMILES string of the molecule is CC(C)(C)OC(=O)N1CCc2cncnc2C1=O. The molecule has 0 saturated carbocycles. The number of carbonyl (C=O) groups is 2. The van der Waals surface area contributed by atoms with Gasteiger partial charge in [0.2, 0.25) is 0 Å². The molecule has 1 aliphatic rings. The van der Waals surface area contributed by atoms with E-state index in [4.69, 9.17) is 4.74 Å². The highest BCUT2D eigenvalue weighted by Gasteiger charge is 2.33. The first-order chi connectivity index (χ1) is 8.38. The number of nitrogens with zero attached hydrogens (tertiary/aromatic N) is 3. The maximum absolute atomic E-state index is 12.1. The molecule has 0 unspecified atom stereocenters. The molecule has 0 atom stereocenters. The van der Waals surface area contributed by atoms with Crippen molar-refractivity contribution in [3.05, 3.63) is 23.8 Å². The van der Waals surface area contributed by atoms with Crippen molar-refractivity contribution >= 4 is 12.0 Å². The Morgan fingerprint density at radius 2 is 2.17 bits per heavy atom. The van der Waals surface area contributed by atoms with Gasteiger partial charge in [0, 0.05) is 18.3 Å². The summed E-state index contributed by atoms with van der Waals surface area (Å²) in [5.41, 5.74) is 0.424. The molecular weight excluding hydrogens is 234 g/mol. The van der Waals surface area contributed by atoms with Crippen LogP contribution in [0.2, 0.25) is 0 Å². The summed E-state index contributed by atoms with van der Waals surface area (Å²) in [5.74, 6) is -0.423. The third kappa shape index (κ3) is 2.47. The van der Waals surface area contributed by atoms with E-state index in [1.165, 1.54) is 6.33 Å². The van der Waals surface area contributed by atoms with Gasteiger partial charge in [-0.25, -0.2) is 19.7 Å². The minimum absolute atomic E-state index is 0.280. The quantitative estimate of drug-likeness (QED) is 0.695. The van der Waals surface area contributed by atoms with E-state index < -0.39 is 17.6 Å². The van der Waals surface area contributed by atoms with Crippen LogP contribution in [0.25, 0.3) is 0 Å². The van der Waals surface area contributed by atoms with E-state index in [-0.39, 0.29) is 5.69 Å². The molecule has 2 amide bonds. The molecule has 0 saturated heterocycles. The van der Waals surface area contributed by atoms with E-state index in [1.807, 2.05) is 0 Å². The maximum Gasteiger partial charge on any atom is 0.417 e. The monoisotopic (exact) mass is 249 g/mol. The van der Waals surface area contributed by atoms with E-state index in [0.717, 1.165) is 10.5 Å². The van der Waals surface area contributed by atoms with Crippen LogP contribution in [0, 0.1) is 0 Å². The van der Waals surface area contributed by atoms with Gasteiger partial charge in [-0.15, -0.1) is 0 Å². The van der Waals surface area contributed by atoms with Gasteiger partial charge < -0.3 is 4.74 Å². The van der Waals surface area contributed by atoms with Gasteiger partial charge in [-0.1, -0.05) is 0 Å². The first-order valence-corrected chi connectivity index (χ1v) is 5.72. The van der Waals surface area contributed by atoms with Crippen LogP contribution in [-0.2, 0) is 11.2 Å². The lowest BCUT2D eigenvalue weighted by atomic mass is 10.1. The molecule has 0 bridgehead atoms. The Labute approximate surface area is 105 Å². The van der Waals surface area contributed by atoms with Crippen LogP contribution in [0.15, 0.2) is 12.5 Å². The van der Waals surface area contributed by atoms with Gasteiger partial charge in [0.05, 0.1) is 0 Å². The molecular formula is C12H15N3O3. The Kier molecular flexibility index (Phi) is 3.02. The van der Waals surface area contributed by atoms with Gasteiger partial charge in [-0.05, 0) is 27.2 Å². The maximum atomic E-state index is 12.1. The van der Waals surface area contributed by atoms with Crippen LogP contribution in [-0.4, -0.2) is 39.0 Å². The van der Waals surface area contributed by atoms with Gasteiger partial charge in [-0.2, -0.15) is 0 Å². The number of rotatable bonds is 0. The van der Waals surface area contributed by atoms with Crippen molar-refractivity contribution in [3.63, 3.8) is 0 Å². The fourth-order valence-electron chi connectivity index (χ4n) is 1.69. The minimum Gasteiger partial charge on any atom is -0.443 e. The largest absolute Gasteiger partial charge is 0.443 e. The third-order valence-electron chi connectivity index (χ3n) is 2.45. The van der Waals surface area contributed by atoms with Crippen molar-refractivity contribution in [2.75, 3.05) is 6.54 Å². The van der Waals surface area contributed by atoms with Crippen LogP contribution in [0.1, 0.15) is 36.8 Å². The van der Waals surface area contributed by atoms with Crippen molar-refractivity contribution in [2.24, 2.45) is 0 Å². The summed E-state index contributed by atoms with van der Waals surface area (Å²) in [7, 11) is 0. The van der Waals surface area contributed by atoms with Gasteiger partial charge in [0.1, 0.15) is 17.6 Å². The molecule has 1 aromatic rings. The van der Waals surface area contributed by atoms with Crippen molar-refractivity contribution < 1.29 is 14.3 Å². The second-order valence-electron chi connectivity index (χ2n) is 5.08. The molecule has 1 aliphatic heterocycles. The number of ether oxygens (including phenoxy) is 1. The van der Waals surface area contributed by atoms with Crippen LogP contribution in [0.3, 0.4) is 0 Å².